The molecule has 0 bridgehead atoms. The van der Waals surface area contributed by atoms with E-state index in [1.807, 2.05) is 36.3 Å². The van der Waals surface area contributed by atoms with Crippen molar-refractivity contribution in [3.63, 3.8) is 0 Å². The Balaban J connectivity index is 1.50. The highest BCUT2D eigenvalue weighted by Crippen LogP contribution is 2.23. The van der Waals surface area contributed by atoms with Crippen LogP contribution in [0.1, 0.15) is 36.0 Å². The molecule has 2 aliphatic rings. The fourth-order valence-corrected chi connectivity index (χ4v) is 3.95. The molecule has 3 rings (SSSR count). The molecular formula is C18H25BrN2O2. The van der Waals surface area contributed by atoms with E-state index in [9.17, 15) is 4.79 Å². The van der Waals surface area contributed by atoms with E-state index in [0.717, 1.165) is 61.9 Å². The smallest absolute Gasteiger partial charge is 0.253 e. The van der Waals surface area contributed by atoms with Gasteiger partial charge in [-0.05, 0) is 49.9 Å². The fourth-order valence-electron chi connectivity index (χ4n) is 3.69. The SMILES string of the molecule is COC1CCN(C2CCN(C(=O)c3ccc(Br)cc3)CC2)CC1. The van der Waals surface area contributed by atoms with Gasteiger partial charge >= 0.3 is 0 Å². The van der Waals surface area contributed by atoms with Crippen LogP contribution in [0.15, 0.2) is 28.7 Å². The number of amides is 1. The van der Waals surface area contributed by atoms with Crippen molar-refractivity contribution in [3.8, 4) is 0 Å². The Hall–Kier alpha value is -0.910. The van der Waals surface area contributed by atoms with Crippen LogP contribution in [0, 0.1) is 0 Å². The molecule has 0 atom stereocenters. The standard InChI is InChI=1S/C18H25BrN2O2/c1-23-17-8-12-20(13-9-17)16-6-10-21(11-7-16)18(22)14-2-4-15(19)5-3-14/h2-5,16-17H,6-13H2,1H3. The maximum Gasteiger partial charge on any atom is 0.253 e. The number of carbonyl (C=O) groups is 1. The summed E-state index contributed by atoms with van der Waals surface area (Å²) in [5.74, 6) is 0.161. The van der Waals surface area contributed by atoms with E-state index >= 15 is 0 Å². The van der Waals surface area contributed by atoms with Gasteiger partial charge in [-0.2, -0.15) is 0 Å². The average molecular weight is 381 g/mol. The van der Waals surface area contributed by atoms with Crippen LogP contribution in [-0.4, -0.2) is 61.1 Å². The van der Waals surface area contributed by atoms with Gasteiger partial charge in [-0.15, -0.1) is 0 Å². The molecule has 1 amide bonds. The topological polar surface area (TPSA) is 32.8 Å². The van der Waals surface area contributed by atoms with Crippen molar-refractivity contribution < 1.29 is 9.53 Å². The summed E-state index contributed by atoms with van der Waals surface area (Å²) in [5, 5.41) is 0. The molecule has 0 N–H and O–H groups in total. The first-order valence-electron chi connectivity index (χ1n) is 8.49. The van der Waals surface area contributed by atoms with Crippen LogP contribution >= 0.6 is 15.9 Å². The van der Waals surface area contributed by atoms with Gasteiger partial charge in [0.05, 0.1) is 6.10 Å². The number of rotatable bonds is 3. The van der Waals surface area contributed by atoms with Gasteiger partial charge in [0.2, 0.25) is 0 Å². The molecule has 2 aliphatic heterocycles. The number of carbonyl (C=O) groups excluding carboxylic acids is 1. The van der Waals surface area contributed by atoms with Crippen LogP contribution in [0.2, 0.25) is 0 Å². The van der Waals surface area contributed by atoms with E-state index in [1.165, 1.54) is 0 Å². The predicted molar refractivity (Wildman–Crippen MR) is 94.7 cm³/mol. The molecule has 0 saturated carbocycles. The first-order chi connectivity index (χ1) is 11.2. The predicted octanol–water partition coefficient (Wildman–Crippen LogP) is 3.16. The number of likely N-dealkylation sites (tertiary alicyclic amines) is 2. The van der Waals surface area contributed by atoms with Crippen molar-refractivity contribution in [3.05, 3.63) is 34.3 Å². The molecule has 2 saturated heterocycles. The Morgan fingerprint density at radius 3 is 2.22 bits per heavy atom. The minimum Gasteiger partial charge on any atom is -0.381 e. The maximum absolute atomic E-state index is 12.6. The zero-order valence-corrected chi connectivity index (χ0v) is 15.3. The highest BCUT2D eigenvalue weighted by atomic mass is 79.9. The first kappa shape index (κ1) is 16.9. The summed E-state index contributed by atoms with van der Waals surface area (Å²) in [7, 11) is 1.81. The number of ether oxygens (including phenoxy) is 1. The third kappa shape index (κ3) is 4.14. The molecule has 0 radical (unpaired) electrons. The summed E-state index contributed by atoms with van der Waals surface area (Å²) in [4.78, 5) is 17.2. The quantitative estimate of drug-likeness (QED) is 0.807. The normalized spacial score (nSPS) is 21.6. The number of nitrogens with zero attached hydrogens (tertiary/aromatic N) is 2. The Labute approximate surface area is 146 Å². The van der Waals surface area contributed by atoms with Crippen LogP contribution in [0.25, 0.3) is 0 Å². The van der Waals surface area contributed by atoms with Gasteiger partial charge in [-0.1, -0.05) is 15.9 Å². The lowest BCUT2D eigenvalue weighted by Crippen LogP contribution is -2.49. The van der Waals surface area contributed by atoms with E-state index in [4.69, 9.17) is 4.74 Å². The highest BCUT2D eigenvalue weighted by molar-refractivity contribution is 9.10. The number of methoxy groups -OCH3 is 1. The molecule has 1 aromatic carbocycles. The number of hydrogen-bond acceptors (Lipinski definition) is 3. The zero-order chi connectivity index (χ0) is 16.2. The molecule has 126 valence electrons. The largest absolute Gasteiger partial charge is 0.381 e. The monoisotopic (exact) mass is 380 g/mol. The molecule has 0 aromatic heterocycles. The lowest BCUT2D eigenvalue weighted by atomic mass is 9.98. The zero-order valence-electron chi connectivity index (χ0n) is 13.7. The van der Waals surface area contributed by atoms with E-state index in [2.05, 4.69) is 20.8 Å². The number of piperidine rings is 2. The summed E-state index contributed by atoms with van der Waals surface area (Å²) in [6, 6.07) is 8.28. The first-order valence-corrected chi connectivity index (χ1v) is 9.28. The summed E-state index contributed by atoms with van der Waals surface area (Å²) in [6.45, 7) is 3.99. The van der Waals surface area contributed by atoms with Crippen molar-refractivity contribution in [2.45, 2.75) is 37.8 Å². The number of benzene rings is 1. The molecule has 1 aromatic rings. The molecule has 5 heteroatoms. The number of hydrogen-bond donors (Lipinski definition) is 0. The second kappa shape index (κ2) is 7.77. The lowest BCUT2D eigenvalue weighted by Gasteiger charge is -2.41. The van der Waals surface area contributed by atoms with Crippen molar-refractivity contribution in [2.75, 3.05) is 33.3 Å². The van der Waals surface area contributed by atoms with Gasteiger partial charge in [-0.25, -0.2) is 0 Å². The van der Waals surface area contributed by atoms with Gasteiger partial charge in [0.25, 0.3) is 5.91 Å². The maximum atomic E-state index is 12.6. The molecule has 0 spiro atoms. The van der Waals surface area contributed by atoms with E-state index in [1.54, 1.807) is 0 Å². The Morgan fingerprint density at radius 1 is 1.04 bits per heavy atom. The highest BCUT2D eigenvalue weighted by Gasteiger charge is 2.29. The fraction of sp³-hybridized carbons (Fsp3) is 0.611. The van der Waals surface area contributed by atoms with Crippen molar-refractivity contribution in [2.24, 2.45) is 0 Å². The average Bonchev–Trinajstić information content (AvgIpc) is 2.62. The minimum atomic E-state index is 0.161. The summed E-state index contributed by atoms with van der Waals surface area (Å²) in [6.07, 6.45) is 4.87. The third-order valence-corrected chi connectivity index (χ3v) is 5.70. The second-order valence-corrected chi connectivity index (χ2v) is 7.42. The van der Waals surface area contributed by atoms with Crippen molar-refractivity contribution >= 4 is 21.8 Å². The van der Waals surface area contributed by atoms with Crippen LogP contribution < -0.4 is 0 Å². The Morgan fingerprint density at radius 2 is 1.65 bits per heavy atom. The number of halogens is 1. The summed E-state index contributed by atoms with van der Waals surface area (Å²) < 4.78 is 6.46. The molecule has 0 unspecified atom stereocenters. The summed E-state index contributed by atoms with van der Waals surface area (Å²) in [5.41, 5.74) is 0.785. The van der Waals surface area contributed by atoms with Crippen LogP contribution in [0.4, 0.5) is 0 Å². The molecule has 2 fully saturated rings. The third-order valence-electron chi connectivity index (χ3n) is 5.17. The lowest BCUT2D eigenvalue weighted by molar-refractivity contribution is 0.0145. The summed E-state index contributed by atoms with van der Waals surface area (Å²) >= 11 is 3.41. The Bertz CT molecular complexity index is 518. The van der Waals surface area contributed by atoms with Crippen LogP contribution in [-0.2, 0) is 4.74 Å². The van der Waals surface area contributed by atoms with E-state index in [0.29, 0.717) is 12.1 Å². The van der Waals surface area contributed by atoms with E-state index in [-0.39, 0.29) is 5.91 Å². The van der Waals surface area contributed by atoms with Crippen molar-refractivity contribution in [1.29, 1.82) is 0 Å². The van der Waals surface area contributed by atoms with Crippen LogP contribution in [0.5, 0.6) is 0 Å². The molecule has 4 nitrogen and oxygen atoms in total. The minimum absolute atomic E-state index is 0.161. The molecule has 2 heterocycles. The Kier molecular flexibility index (Phi) is 5.72. The van der Waals surface area contributed by atoms with Crippen LogP contribution in [0.3, 0.4) is 0 Å². The van der Waals surface area contributed by atoms with Gasteiger partial charge in [0.15, 0.2) is 0 Å². The van der Waals surface area contributed by atoms with E-state index < -0.39 is 0 Å². The molecular weight excluding hydrogens is 356 g/mol. The van der Waals surface area contributed by atoms with Gasteiger partial charge in [0.1, 0.15) is 0 Å². The van der Waals surface area contributed by atoms with Gasteiger partial charge in [0, 0.05) is 49.4 Å². The van der Waals surface area contributed by atoms with Crippen molar-refractivity contribution in [1.82, 2.24) is 9.80 Å². The molecule has 23 heavy (non-hydrogen) atoms. The van der Waals surface area contributed by atoms with Gasteiger partial charge < -0.3 is 14.5 Å². The second-order valence-electron chi connectivity index (χ2n) is 6.50. The van der Waals surface area contributed by atoms with Gasteiger partial charge in [-0.3, -0.25) is 4.79 Å². The molecule has 0 aliphatic carbocycles.